The van der Waals surface area contributed by atoms with Gasteiger partial charge in [0.05, 0.1) is 24.3 Å². The van der Waals surface area contributed by atoms with Crippen LogP contribution in [-0.4, -0.2) is 57.4 Å². The summed E-state index contributed by atoms with van der Waals surface area (Å²) in [6.07, 6.45) is 6.38. The number of thioether (sulfide) groups is 1. The largest absolute Gasteiger partial charge is 0.380 e. The second kappa shape index (κ2) is 8.37. The Kier molecular flexibility index (Phi) is 5.43. The fourth-order valence-corrected chi connectivity index (χ4v) is 4.38. The third-order valence-corrected chi connectivity index (χ3v) is 6.13. The molecule has 0 amide bonds. The van der Waals surface area contributed by atoms with Crippen LogP contribution in [0.3, 0.4) is 0 Å². The highest BCUT2D eigenvalue weighted by Gasteiger charge is 2.48. The van der Waals surface area contributed by atoms with Gasteiger partial charge >= 0.3 is 0 Å². The zero-order valence-corrected chi connectivity index (χ0v) is 17.8. The van der Waals surface area contributed by atoms with E-state index in [9.17, 15) is 4.39 Å². The number of likely N-dealkylation sites (tertiary alicyclic amines) is 1. The number of ether oxygens (including phenoxy) is 1. The van der Waals surface area contributed by atoms with Crippen molar-refractivity contribution in [2.45, 2.75) is 11.4 Å². The minimum Gasteiger partial charge on any atom is -0.380 e. The molecule has 2 N–H and O–H groups in total. The van der Waals surface area contributed by atoms with Crippen molar-refractivity contribution in [1.29, 1.82) is 0 Å². The fourth-order valence-electron chi connectivity index (χ4n) is 3.85. The summed E-state index contributed by atoms with van der Waals surface area (Å²) in [7, 11) is 0. The molecule has 0 bridgehead atoms. The van der Waals surface area contributed by atoms with E-state index < -0.39 is 0 Å². The molecule has 0 radical (unpaired) electrons. The van der Waals surface area contributed by atoms with Crippen LogP contribution in [0.1, 0.15) is 5.56 Å². The van der Waals surface area contributed by atoms with E-state index in [2.05, 4.69) is 41.5 Å². The second-order valence-electron chi connectivity index (χ2n) is 7.93. The summed E-state index contributed by atoms with van der Waals surface area (Å²) in [5.41, 5.74) is 1.60. The van der Waals surface area contributed by atoms with Crippen molar-refractivity contribution in [3.05, 3.63) is 54.4 Å². The summed E-state index contributed by atoms with van der Waals surface area (Å²) in [6, 6.07) is 7.21. The van der Waals surface area contributed by atoms with Gasteiger partial charge in [-0.3, -0.25) is 4.90 Å². The summed E-state index contributed by atoms with van der Waals surface area (Å²) in [6.45, 7) is 4.90. The summed E-state index contributed by atoms with van der Waals surface area (Å²) in [5, 5.41) is 6.30. The molecule has 3 aromatic rings. The SMILES string of the molecule is CSc1cc(F)cnc1Nc1cc(Nc2ccc(CN3CC4(COC4)C3)cn2)ncn1. The molecule has 2 saturated heterocycles. The highest BCUT2D eigenvalue weighted by molar-refractivity contribution is 7.98. The molecule has 160 valence electrons. The first kappa shape index (κ1) is 20.1. The fraction of sp³-hybridized carbons (Fsp3) is 0.333. The minimum atomic E-state index is -0.375. The lowest BCUT2D eigenvalue weighted by Gasteiger charge is -2.55. The van der Waals surface area contributed by atoms with E-state index >= 15 is 0 Å². The van der Waals surface area contributed by atoms with E-state index in [1.807, 2.05) is 18.5 Å². The number of hydrogen-bond acceptors (Lipinski definition) is 9. The van der Waals surface area contributed by atoms with Crippen LogP contribution in [0.15, 0.2) is 47.9 Å². The Bertz CT molecular complexity index is 1070. The quantitative estimate of drug-likeness (QED) is 0.538. The number of nitrogens with one attached hydrogen (secondary N) is 2. The molecule has 31 heavy (non-hydrogen) atoms. The van der Waals surface area contributed by atoms with Gasteiger partial charge in [-0.15, -0.1) is 11.8 Å². The molecule has 10 heteroatoms. The standard InChI is InChI=1S/C21H22FN7OS/c1-31-16-4-15(22)7-24-20(16)28-19-5-18(25-13-26-19)27-17-3-2-14(6-23-17)8-29-9-21(10-29)11-30-12-21/h2-7,13H,8-12H2,1H3,(H2,23,24,25,26,27,28). The van der Waals surface area contributed by atoms with Crippen molar-refractivity contribution in [2.24, 2.45) is 5.41 Å². The second-order valence-corrected chi connectivity index (χ2v) is 8.78. The van der Waals surface area contributed by atoms with Gasteiger partial charge in [0.25, 0.3) is 0 Å². The Morgan fingerprint density at radius 2 is 1.84 bits per heavy atom. The predicted molar refractivity (Wildman–Crippen MR) is 117 cm³/mol. The zero-order valence-electron chi connectivity index (χ0n) is 17.0. The third-order valence-electron chi connectivity index (χ3n) is 5.37. The number of halogens is 1. The van der Waals surface area contributed by atoms with Crippen LogP contribution < -0.4 is 10.6 Å². The number of aromatic nitrogens is 4. The smallest absolute Gasteiger partial charge is 0.145 e. The third kappa shape index (κ3) is 4.46. The van der Waals surface area contributed by atoms with Gasteiger partial charge in [-0.25, -0.2) is 24.3 Å². The van der Waals surface area contributed by atoms with Gasteiger partial charge in [0.15, 0.2) is 0 Å². The van der Waals surface area contributed by atoms with E-state index in [1.54, 1.807) is 6.07 Å². The lowest BCUT2D eigenvalue weighted by atomic mass is 9.78. The van der Waals surface area contributed by atoms with Crippen LogP contribution in [-0.2, 0) is 11.3 Å². The molecule has 8 nitrogen and oxygen atoms in total. The lowest BCUT2D eigenvalue weighted by Crippen LogP contribution is -2.65. The van der Waals surface area contributed by atoms with E-state index in [0.29, 0.717) is 33.6 Å². The molecule has 0 atom stereocenters. The topological polar surface area (TPSA) is 88.1 Å². The summed E-state index contributed by atoms with van der Waals surface area (Å²) in [4.78, 5) is 20.2. The normalized spacial score (nSPS) is 17.1. The molecule has 0 unspecified atom stereocenters. The van der Waals surface area contributed by atoms with Crippen molar-refractivity contribution in [3.8, 4) is 0 Å². The molecule has 0 aliphatic carbocycles. The van der Waals surface area contributed by atoms with Crippen LogP contribution in [0.25, 0.3) is 0 Å². The predicted octanol–water partition coefficient (Wildman–Crippen LogP) is 3.45. The average molecular weight is 440 g/mol. The summed E-state index contributed by atoms with van der Waals surface area (Å²) < 4.78 is 18.7. The van der Waals surface area contributed by atoms with Crippen LogP contribution in [0.5, 0.6) is 0 Å². The first-order valence-corrected chi connectivity index (χ1v) is 11.1. The number of nitrogens with zero attached hydrogens (tertiary/aromatic N) is 5. The van der Waals surface area contributed by atoms with E-state index in [0.717, 1.165) is 32.8 Å². The summed E-state index contributed by atoms with van der Waals surface area (Å²) in [5.74, 6) is 2.02. The van der Waals surface area contributed by atoms with Crippen molar-refractivity contribution in [3.63, 3.8) is 0 Å². The minimum absolute atomic E-state index is 0.375. The van der Waals surface area contributed by atoms with E-state index in [4.69, 9.17) is 4.74 Å². The monoisotopic (exact) mass is 439 g/mol. The van der Waals surface area contributed by atoms with Gasteiger partial charge in [-0.1, -0.05) is 6.07 Å². The first-order valence-electron chi connectivity index (χ1n) is 9.92. The molecular weight excluding hydrogens is 417 g/mol. The van der Waals surface area contributed by atoms with Crippen LogP contribution >= 0.6 is 11.8 Å². The highest BCUT2D eigenvalue weighted by atomic mass is 32.2. The molecule has 2 aliphatic rings. The number of rotatable bonds is 7. The van der Waals surface area contributed by atoms with Gasteiger partial charge in [0.2, 0.25) is 0 Å². The maximum atomic E-state index is 13.4. The number of anilines is 4. The molecule has 3 aromatic heterocycles. The summed E-state index contributed by atoms with van der Waals surface area (Å²) >= 11 is 1.41. The molecule has 1 spiro atoms. The molecule has 0 aromatic carbocycles. The van der Waals surface area contributed by atoms with Gasteiger partial charge in [0.1, 0.15) is 35.4 Å². The lowest BCUT2D eigenvalue weighted by molar-refractivity contribution is -0.191. The number of pyridine rings is 2. The Hall–Kier alpha value is -2.82. The van der Waals surface area contributed by atoms with E-state index in [1.165, 1.54) is 35.9 Å². The van der Waals surface area contributed by atoms with Crippen molar-refractivity contribution in [2.75, 3.05) is 43.2 Å². The Labute approximate surface area is 183 Å². The Morgan fingerprint density at radius 3 is 2.52 bits per heavy atom. The molecule has 5 rings (SSSR count). The van der Waals surface area contributed by atoms with Crippen LogP contribution in [0, 0.1) is 11.2 Å². The average Bonchev–Trinajstić information content (AvgIpc) is 2.72. The first-order chi connectivity index (χ1) is 15.1. The van der Waals surface area contributed by atoms with Crippen molar-refractivity contribution in [1.82, 2.24) is 24.8 Å². The van der Waals surface area contributed by atoms with E-state index in [-0.39, 0.29) is 5.82 Å². The Morgan fingerprint density at radius 1 is 1.03 bits per heavy atom. The Balaban J connectivity index is 1.20. The van der Waals surface area contributed by atoms with Gasteiger partial charge in [-0.2, -0.15) is 0 Å². The maximum absolute atomic E-state index is 13.4. The maximum Gasteiger partial charge on any atom is 0.145 e. The highest BCUT2D eigenvalue weighted by Crippen LogP contribution is 2.38. The van der Waals surface area contributed by atoms with Gasteiger partial charge < -0.3 is 15.4 Å². The van der Waals surface area contributed by atoms with Crippen LogP contribution in [0.2, 0.25) is 0 Å². The molecule has 2 fully saturated rings. The van der Waals surface area contributed by atoms with Crippen LogP contribution in [0.4, 0.5) is 27.7 Å². The number of hydrogen-bond donors (Lipinski definition) is 2. The zero-order chi connectivity index (χ0) is 21.3. The molecule has 0 saturated carbocycles. The van der Waals surface area contributed by atoms with Gasteiger partial charge in [-0.05, 0) is 24.0 Å². The van der Waals surface area contributed by atoms with Crippen molar-refractivity contribution >= 4 is 35.0 Å². The molecule has 2 aliphatic heterocycles. The molecule has 5 heterocycles. The van der Waals surface area contributed by atoms with Crippen molar-refractivity contribution < 1.29 is 9.13 Å². The molecular formula is C21H22FN7OS. The van der Waals surface area contributed by atoms with Gasteiger partial charge in [0, 0.05) is 37.3 Å².